The second kappa shape index (κ2) is 4.70. The van der Waals surface area contributed by atoms with Crippen LogP contribution in [0.3, 0.4) is 0 Å². The number of aldehydes is 1. The van der Waals surface area contributed by atoms with E-state index in [1.807, 2.05) is 0 Å². The second-order valence-electron chi connectivity index (χ2n) is 1.20. The van der Waals surface area contributed by atoms with Gasteiger partial charge in [-0.3, -0.25) is 10.5 Å². The lowest BCUT2D eigenvalue weighted by Gasteiger charge is -2.01. The minimum Gasteiger partial charge on any atom is -0.394 e. The van der Waals surface area contributed by atoms with Crippen molar-refractivity contribution >= 4 is 6.29 Å². The van der Waals surface area contributed by atoms with Crippen molar-refractivity contribution < 1.29 is 14.6 Å². The number of hydrogen-bond donors (Lipinski definition) is 2. The molecule has 48 valence electrons. The lowest BCUT2D eigenvalue weighted by molar-refractivity contribution is -0.118. The van der Waals surface area contributed by atoms with Crippen LogP contribution >= 0.6 is 0 Å². The van der Waals surface area contributed by atoms with Gasteiger partial charge >= 0.3 is 0 Å². The Morgan fingerprint density at radius 2 is 2.50 bits per heavy atom. The molecule has 3 N–H and O–H groups in total. The van der Waals surface area contributed by atoms with Gasteiger partial charge < -0.3 is 9.84 Å². The van der Waals surface area contributed by atoms with Gasteiger partial charge in [0, 0.05) is 0 Å². The van der Waals surface area contributed by atoms with Crippen LogP contribution in [-0.2, 0) is 9.53 Å². The average Bonchev–Trinajstić information content (AvgIpc) is 1.83. The molecule has 0 rings (SSSR count). The maximum Gasteiger partial charge on any atom is 0.163 e. The first-order valence-electron chi connectivity index (χ1n) is 2.24. The summed E-state index contributed by atoms with van der Waals surface area (Å²) in [5.74, 6) is 0. The Bertz CT molecular complexity index is 66.3. The van der Waals surface area contributed by atoms with Crippen LogP contribution in [0.4, 0.5) is 0 Å². The summed E-state index contributed by atoms with van der Waals surface area (Å²) in [4.78, 5) is 9.68. The summed E-state index contributed by atoms with van der Waals surface area (Å²) in [5, 5.41) is 8.11. The highest BCUT2D eigenvalue weighted by Gasteiger charge is 1.95. The lowest BCUT2D eigenvalue weighted by atomic mass is 10.6. The summed E-state index contributed by atoms with van der Waals surface area (Å²) in [6.45, 7) is 0.00144. The van der Waals surface area contributed by atoms with E-state index in [1.54, 1.807) is 0 Å². The number of ether oxygens (including phenoxy) is 1. The Morgan fingerprint density at radius 1 is 1.88 bits per heavy atom. The topological polar surface area (TPSA) is 72.6 Å². The quantitative estimate of drug-likeness (QED) is 0.348. The molecule has 0 aromatic heterocycles. The fourth-order valence-corrected chi connectivity index (χ4v) is 0.228. The maximum atomic E-state index is 9.68. The number of carbonyl (C=O) groups is 1. The van der Waals surface area contributed by atoms with E-state index in [0.717, 1.165) is 0 Å². The van der Waals surface area contributed by atoms with E-state index in [0.29, 0.717) is 6.29 Å². The number of hydrogen-bond acceptors (Lipinski definition) is 4. The van der Waals surface area contributed by atoms with Crippen LogP contribution in [0.5, 0.6) is 0 Å². The van der Waals surface area contributed by atoms with Crippen LogP contribution < -0.4 is 5.73 Å². The van der Waals surface area contributed by atoms with Gasteiger partial charge in [0.1, 0.15) is 0 Å². The molecular formula is C4H9NO3. The smallest absolute Gasteiger partial charge is 0.163 e. The molecule has 4 heteroatoms. The monoisotopic (exact) mass is 119 g/mol. The van der Waals surface area contributed by atoms with Crippen LogP contribution in [-0.4, -0.2) is 30.8 Å². The third-order valence-corrected chi connectivity index (χ3v) is 0.536. The van der Waals surface area contributed by atoms with Crippen LogP contribution in [0.15, 0.2) is 0 Å². The molecule has 0 aliphatic rings. The molecule has 0 aliphatic heterocycles. The molecule has 0 radical (unpaired) electrons. The Hall–Kier alpha value is -0.450. The number of aliphatic hydroxyl groups excluding tert-OH is 1. The summed E-state index contributed by atoms with van der Waals surface area (Å²) >= 11 is 0. The molecule has 0 heterocycles. The van der Waals surface area contributed by atoms with Crippen LogP contribution in [0.25, 0.3) is 0 Å². The number of aliphatic hydroxyl groups is 1. The highest BCUT2D eigenvalue weighted by molar-refractivity contribution is 5.54. The molecule has 1 atom stereocenters. The average molecular weight is 119 g/mol. The highest BCUT2D eigenvalue weighted by Crippen LogP contribution is 1.74. The largest absolute Gasteiger partial charge is 0.394 e. The van der Waals surface area contributed by atoms with Gasteiger partial charge in [0.05, 0.1) is 13.2 Å². The molecule has 0 spiro atoms. The molecule has 0 saturated heterocycles. The molecule has 1 unspecified atom stereocenters. The standard InChI is InChI=1S/C4H9NO3/c5-4(3-7)8-2-1-6/h3-4,6H,1-2,5H2. The van der Waals surface area contributed by atoms with E-state index in [9.17, 15) is 4.79 Å². The van der Waals surface area contributed by atoms with Gasteiger partial charge in [-0.1, -0.05) is 0 Å². The molecule has 0 aromatic carbocycles. The lowest BCUT2D eigenvalue weighted by Crippen LogP contribution is -2.26. The number of carbonyl (C=O) groups excluding carboxylic acids is 1. The molecule has 8 heavy (non-hydrogen) atoms. The van der Waals surface area contributed by atoms with E-state index in [-0.39, 0.29) is 13.2 Å². The normalized spacial score (nSPS) is 13.2. The summed E-state index contributed by atoms with van der Waals surface area (Å²) in [6, 6.07) is 0. The third-order valence-electron chi connectivity index (χ3n) is 0.536. The zero-order chi connectivity index (χ0) is 6.41. The summed E-state index contributed by atoms with van der Waals surface area (Å²) in [6.07, 6.45) is -0.419. The van der Waals surface area contributed by atoms with Crippen molar-refractivity contribution in [1.82, 2.24) is 0 Å². The molecule has 0 saturated carbocycles. The van der Waals surface area contributed by atoms with Crippen LogP contribution in [0.1, 0.15) is 0 Å². The van der Waals surface area contributed by atoms with Gasteiger partial charge in [-0.05, 0) is 0 Å². The van der Waals surface area contributed by atoms with Crippen LogP contribution in [0, 0.1) is 0 Å². The molecule has 0 aromatic rings. The second-order valence-corrected chi connectivity index (χ2v) is 1.20. The summed E-state index contributed by atoms with van der Waals surface area (Å²) in [7, 11) is 0. The first kappa shape index (κ1) is 7.55. The maximum absolute atomic E-state index is 9.68. The van der Waals surface area contributed by atoms with Crippen molar-refractivity contribution in [2.75, 3.05) is 13.2 Å². The third kappa shape index (κ3) is 3.73. The molecular weight excluding hydrogens is 110 g/mol. The van der Waals surface area contributed by atoms with Crippen molar-refractivity contribution in [3.8, 4) is 0 Å². The first-order chi connectivity index (χ1) is 3.81. The van der Waals surface area contributed by atoms with Crippen molar-refractivity contribution in [3.05, 3.63) is 0 Å². The predicted molar refractivity (Wildman–Crippen MR) is 27.1 cm³/mol. The van der Waals surface area contributed by atoms with Gasteiger partial charge in [0.15, 0.2) is 12.5 Å². The molecule has 0 aliphatic carbocycles. The van der Waals surface area contributed by atoms with Crippen molar-refractivity contribution in [2.24, 2.45) is 5.73 Å². The Kier molecular flexibility index (Phi) is 4.44. The van der Waals surface area contributed by atoms with E-state index < -0.39 is 6.23 Å². The summed E-state index contributed by atoms with van der Waals surface area (Å²) in [5.41, 5.74) is 4.96. The highest BCUT2D eigenvalue weighted by atomic mass is 16.5. The molecule has 0 amide bonds. The zero-order valence-electron chi connectivity index (χ0n) is 4.41. The molecule has 4 nitrogen and oxygen atoms in total. The van der Waals surface area contributed by atoms with Gasteiger partial charge in [-0.25, -0.2) is 0 Å². The van der Waals surface area contributed by atoms with Crippen LogP contribution in [0.2, 0.25) is 0 Å². The van der Waals surface area contributed by atoms with Gasteiger partial charge in [0.25, 0.3) is 0 Å². The summed E-state index contributed by atoms with van der Waals surface area (Å²) < 4.78 is 4.50. The van der Waals surface area contributed by atoms with Crippen molar-refractivity contribution in [1.29, 1.82) is 0 Å². The predicted octanol–water partition coefficient (Wildman–Crippen LogP) is -1.52. The van der Waals surface area contributed by atoms with Gasteiger partial charge in [-0.15, -0.1) is 0 Å². The van der Waals surface area contributed by atoms with E-state index >= 15 is 0 Å². The number of rotatable bonds is 4. The minimum absolute atomic E-state index is 0.110. The van der Waals surface area contributed by atoms with E-state index in [1.165, 1.54) is 0 Å². The fourth-order valence-electron chi connectivity index (χ4n) is 0.228. The van der Waals surface area contributed by atoms with E-state index in [2.05, 4.69) is 4.74 Å². The van der Waals surface area contributed by atoms with Crippen molar-refractivity contribution in [3.63, 3.8) is 0 Å². The zero-order valence-corrected chi connectivity index (χ0v) is 4.41. The fraction of sp³-hybridized carbons (Fsp3) is 0.750. The minimum atomic E-state index is -0.887. The molecule has 0 bridgehead atoms. The van der Waals surface area contributed by atoms with E-state index in [4.69, 9.17) is 10.8 Å². The molecule has 0 fully saturated rings. The van der Waals surface area contributed by atoms with Crippen molar-refractivity contribution in [2.45, 2.75) is 6.23 Å². The van der Waals surface area contributed by atoms with Gasteiger partial charge in [-0.2, -0.15) is 0 Å². The first-order valence-corrected chi connectivity index (χ1v) is 2.24. The Morgan fingerprint density at radius 3 is 2.88 bits per heavy atom. The SMILES string of the molecule is NC(C=O)OCCO. The number of nitrogens with two attached hydrogens (primary N) is 1. The Labute approximate surface area is 47.2 Å². The Balaban J connectivity index is 2.98. The van der Waals surface area contributed by atoms with Gasteiger partial charge in [0.2, 0.25) is 0 Å².